The molecule has 48 heavy (non-hydrogen) atoms. The Balaban J connectivity index is 1.01. The van der Waals surface area contributed by atoms with Gasteiger partial charge in [0.05, 0.1) is 85.7 Å². The van der Waals surface area contributed by atoms with Crippen LogP contribution in [0.2, 0.25) is 0 Å². The lowest BCUT2D eigenvalue weighted by Crippen LogP contribution is -2.29. The number of ether oxygens (including phenoxy) is 8. The van der Waals surface area contributed by atoms with E-state index in [-0.39, 0.29) is 32.2 Å². The van der Waals surface area contributed by atoms with Gasteiger partial charge in [0.1, 0.15) is 13.2 Å². The summed E-state index contributed by atoms with van der Waals surface area (Å²) in [5.74, 6) is -3.23. The summed E-state index contributed by atoms with van der Waals surface area (Å²) < 4.78 is 42.8. The van der Waals surface area contributed by atoms with E-state index in [9.17, 15) is 19.2 Å². The molecule has 0 saturated heterocycles. The van der Waals surface area contributed by atoms with Crippen LogP contribution in [-0.2, 0) is 52.3 Å². The summed E-state index contributed by atoms with van der Waals surface area (Å²) in [6, 6.07) is 16.4. The molecule has 0 aliphatic heterocycles. The Labute approximate surface area is 279 Å². The first-order chi connectivity index (χ1) is 23.5. The molecule has 2 aromatic carbocycles. The SMILES string of the molecule is O=C(CCC(=O)C(=O)O)OCCOCCOCCOCCOCCOCCOCCNC(=O)OCC1c2ccccc2-c2ccccc21. The Morgan fingerprint density at radius 2 is 1.00 bits per heavy atom. The minimum Gasteiger partial charge on any atom is -0.476 e. The molecule has 0 saturated carbocycles. The Morgan fingerprint density at radius 3 is 1.48 bits per heavy atom. The highest BCUT2D eigenvalue weighted by atomic mass is 16.6. The Hall–Kier alpha value is -3.92. The summed E-state index contributed by atoms with van der Waals surface area (Å²) in [5, 5.41) is 11.2. The van der Waals surface area contributed by atoms with Gasteiger partial charge in [-0.05, 0) is 22.3 Å². The second kappa shape index (κ2) is 23.4. The van der Waals surface area contributed by atoms with Crippen LogP contribution in [0.25, 0.3) is 11.1 Å². The van der Waals surface area contributed by atoms with Crippen LogP contribution in [0.4, 0.5) is 4.79 Å². The number of Topliss-reactive ketones (excluding diaryl/α,β-unsaturated/α-hetero) is 1. The first-order valence-corrected chi connectivity index (χ1v) is 15.9. The number of alkyl carbamates (subject to hydrolysis) is 1. The molecule has 2 aromatic rings. The lowest BCUT2D eigenvalue weighted by Gasteiger charge is -2.14. The maximum absolute atomic E-state index is 12.2. The Kier molecular flexibility index (Phi) is 18.8. The fourth-order valence-electron chi connectivity index (χ4n) is 4.69. The maximum Gasteiger partial charge on any atom is 0.407 e. The van der Waals surface area contributed by atoms with Gasteiger partial charge in [-0.15, -0.1) is 0 Å². The molecule has 0 fully saturated rings. The van der Waals surface area contributed by atoms with E-state index in [0.717, 1.165) is 0 Å². The highest BCUT2D eigenvalue weighted by Crippen LogP contribution is 2.44. The molecule has 1 aliphatic rings. The molecule has 0 aromatic heterocycles. The largest absolute Gasteiger partial charge is 0.476 e. The average molecular weight is 676 g/mol. The molecule has 1 amide bonds. The van der Waals surface area contributed by atoms with Gasteiger partial charge in [-0.2, -0.15) is 0 Å². The summed E-state index contributed by atoms with van der Waals surface area (Å²) in [6.45, 7) is 5.07. The van der Waals surface area contributed by atoms with E-state index in [1.807, 2.05) is 24.3 Å². The number of hydrogen-bond donors (Lipinski definition) is 2. The van der Waals surface area contributed by atoms with Gasteiger partial charge in [0.25, 0.3) is 0 Å². The number of carboxylic acids is 1. The van der Waals surface area contributed by atoms with Gasteiger partial charge in [0.2, 0.25) is 5.78 Å². The van der Waals surface area contributed by atoms with Crippen molar-refractivity contribution < 1.29 is 62.2 Å². The molecule has 14 nitrogen and oxygen atoms in total. The molecule has 14 heteroatoms. The number of fused-ring (bicyclic) bond motifs is 3. The molecule has 2 N–H and O–H groups in total. The molecule has 1 aliphatic carbocycles. The number of carboxylic acid groups (broad SMARTS) is 1. The topological polar surface area (TPSA) is 174 Å². The normalized spacial score (nSPS) is 11.9. The van der Waals surface area contributed by atoms with Crippen molar-refractivity contribution in [2.45, 2.75) is 18.8 Å². The third kappa shape index (κ3) is 14.9. The number of aliphatic carboxylic acids is 1. The van der Waals surface area contributed by atoms with E-state index in [0.29, 0.717) is 79.2 Å². The van der Waals surface area contributed by atoms with Crippen molar-refractivity contribution in [1.82, 2.24) is 5.32 Å². The second-order valence-corrected chi connectivity index (χ2v) is 10.4. The zero-order chi connectivity index (χ0) is 34.2. The Morgan fingerprint density at radius 1 is 0.562 bits per heavy atom. The molecule has 0 heterocycles. The number of amides is 1. The fraction of sp³-hybridized carbons (Fsp3) is 0.529. The standard InChI is InChI=1S/C34H45NO13/c36-31(33(38)39)9-10-32(37)47-24-23-46-22-21-45-20-19-44-18-17-43-16-15-42-14-13-41-12-11-35-34(40)48-25-30-28-7-3-1-5-26(28)27-6-2-4-8-29(27)30/h1-8,30H,9-25H2,(H,35,40)(H,38,39). The predicted molar refractivity (Wildman–Crippen MR) is 171 cm³/mol. The minimum absolute atomic E-state index is 0.00720. The summed E-state index contributed by atoms with van der Waals surface area (Å²) in [4.78, 5) is 44.9. The number of ketones is 1. The van der Waals surface area contributed by atoms with E-state index < -0.39 is 30.2 Å². The van der Waals surface area contributed by atoms with E-state index >= 15 is 0 Å². The molecule has 3 rings (SSSR count). The van der Waals surface area contributed by atoms with Gasteiger partial charge in [0.15, 0.2) is 0 Å². The molecular weight excluding hydrogens is 630 g/mol. The summed E-state index contributed by atoms with van der Waals surface area (Å²) in [7, 11) is 0. The van der Waals surface area contributed by atoms with Crippen LogP contribution >= 0.6 is 0 Å². The van der Waals surface area contributed by atoms with Crippen molar-refractivity contribution >= 4 is 23.8 Å². The summed E-state index contributed by atoms with van der Waals surface area (Å²) >= 11 is 0. The summed E-state index contributed by atoms with van der Waals surface area (Å²) in [6.07, 6.45) is -1.14. The maximum atomic E-state index is 12.2. The van der Waals surface area contributed by atoms with Crippen LogP contribution in [-0.4, -0.2) is 128 Å². The lowest BCUT2D eigenvalue weighted by atomic mass is 9.98. The van der Waals surface area contributed by atoms with Gasteiger partial charge in [-0.1, -0.05) is 48.5 Å². The highest BCUT2D eigenvalue weighted by molar-refractivity contribution is 6.32. The van der Waals surface area contributed by atoms with Crippen LogP contribution in [0.3, 0.4) is 0 Å². The molecular formula is C34H45NO13. The average Bonchev–Trinajstić information content (AvgIpc) is 3.41. The molecule has 0 atom stereocenters. The number of nitrogens with one attached hydrogen (secondary N) is 1. The third-order valence-electron chi connectivity index (χ3n) is 7.00. The van der Waals surface area contributed by atoms with Crippen molar-refractivity contribution in [2.75, 3.05) is 99.0 Å². The smallest absolute Gasteiger partial charge is 0.407 e. The van der Waals surface area contributed by atoms with Crippen molar-refractivity contribution in [3.05, 3.63) is 59.7 Å². The number of hydrogen-bond acceptors (Lipinski definition) is 12. The third-order valence-corrected chi connectivity index (χ3v) is 7.00. The monoisotopic (exact) mass is 675 g/mol. The van der Waals surface area contributed by atoms with Gasteiger partial charge >= 0.3 is 18.0 Å². The number of esters is 1. The number of rotatable bonds is 27. The van der Waals surface area contributed by atoms with E-state index in [2.05, 4.69) is 29.6 Å². The van der Waals surface area contributed by atoms with Gasteiger partial charge in [-0.25, -0.2) is 9.59 Å². The highest BCUT2D eigenvalue weighted by Gasteiger charge is 2.29. The van der Waals surface area contributed by atoms with E-state index in [1.54, 1.807) is 0 Å². The van der Waals surface area contributed by atoms with Gasteiger partial charge in [0, 0.05) is 18.9 Å². The van der Waals surface area contributed by atoms with Crippen molar-refractivity contribution in [3.8, 4) is 11.1 Å². The molecule has 264 valence electrons. The second-order valence-electron chi connectivity index (χ2n) is 10.4. The first kappa shape index (κ1) is 38.5. The minimum atomic E-state index is -1.57. The van der Waals surface area contributed by atoms with Crippen molar-refractivity contribution in [2.24, 2.45) is 0 Å². The van der Waals surface area contributed by atoms with E-state index in [4.69, 9.17) is 43.0 Å². The lowest BCUT2D eigenvalue weighted by molar-refractivity contribution is -0.151. The Bertz CT molecular complexity index is 1230. The van der Waals surface area contributed by atoms with E-state index in [1.165, 1.54) is 22.3 Å². The molecule has 0 bridgehead atoms. The zero-order valence-corrected chi connectivity index (χ0v) is 27.1. The van der Waals surface area contributed by atoms with Crippen molar-refractivity contribution in [1.29, 1.82) is 0 Å². The quantitative estimate of drug-likeness (QED) is 0.0804. The van der Waals surface area contributed by atoms with Crippen LogP contribution in [0.1, 0.15) is 29.9 Å². The fourth-order valence-corrected chi connectivity index (χ4v) is 4.69. The number of carbonyl (C=O) groups is 4. The first-order valence-electron chi connectivity index (χ1n) is 15.9. The van der Waals surface area contributed by atoms with Crippen LogP contribution in [0.5, 0.6) is 0 Å². The van der Waals surface area contributed by atoms with Crippen LogP contribution in [0, 0.1) is 0 Å². The molecule has 0 spiro atoms. The number of benzene rings is 2. The molecule has 0 unspecified atom stereocenters. The number of carbonyl (C=O) groups excluding carboxylic acids is 3. The van der Waals surface area contributed by atoms with Gasteiger partial charge < -0.3 is 48.3 Å². The van der Waals surface area contributed by atoms with Crippen LogP contribution < -0.4 is 5.32 Å². The van der Waals surface area contributed by atoms with Gasteiger partial charge in [-0.3, -0.25) is 9.59 Å². The zero-order valence-electron chi connectivity index (χ0n) is 27.1. The van der Waals surface area contributed by atoms with Crippen LogP contribution in [0.15, 0.2) is 48.5 Å². The summed E-state index contributed by atoms with van der Waals surface area (Å²) in [5.41, 5.74) is 4.72. The molecule has 0 radical (unpaired) electrons. The van der Waals surface area contributed by atoms with Crippen molar-refractivity contribution in [3.63, 3.8) is 0 Å². The predicted octanol–water partition coefficient (Wildman–Crippen LogP) is 2.60.